The van der Waals surface area contributed by atoms with Crippen molar-refractivity contribution in [1.82, 2.24) is 9.55 Å². The van der Waals surface area contributed by atoms with E-state index < -0.39 is 0 Å². The van der Waals surface area contributed by atoms with Gasteiger partial charge in [0.1, 0.15) is 5.82 Å². The quantitative estimate of drug-likeness (QED) is 0.897. The van der Waals surface area contributed by atoms with Gasteiger partial charge in [0.15, 0.2) is 0 Å². The topological polar surface area (TPSA) is 43.8 Å². The van der Waals surface area contributed by atoms with Gasteiger partial charge in [0.05, 0.1) is 6.04 Å². The number of nitrogens with two attached hydrogens (primary N) is 1. The molecule has 1 aromatic heterocycles. The number of hydrogen-bond donors (Lipinski definition) is 1. The van der Waals surface area contributed by atoms with Gasteiger partial charge in [0.25, 0.3) is 0 Å². The molecule has 0 aliphatic heterocycles. The molecule has 0 radical (unpaired) electrons. The summed E-state index contributed by atoms with van der Waals surface area (Å²) in [5, 5.41) is 0. The summed E-state index contributed by atoms with van der Waals surface area (Å²) in [7, 11) is 0. The maximum Gasteiger partial charge on any atom is 0.130 e. The molecule has 2 rings (SSSR count). The first-order valence-corrected chi connectivity index (χ1v) is 6.47. The zero-order chi connectivity index (χ0) is 13.1. The lowest BCUT2D eigenvalue weighted by Gasteiger charge is -2.17. The van der Waals surface area contributed by atoms with Crippen LogP contribution in [-0.2, 0) is 6.54 Å². The fraction of sp³-hybridized carbons (Fsp3) is 0.400. The molecule has 0 fully saturated rings. The molecule has 1 heterocycles. The van der Waals surface area contributed by atoms with E-state index in [0.717, 1.165) is 18.8 Å². The Kier molecular flexibility index (Phi) is 3.82. The van der Waals surface area contributed by atoms with Gasteiger partial charge in [0.2, 0.25) is 0 Å². The van der Waals surface area contributed by atoms with Crippen molar-refractivity contribution in [2.45, 2.75) is 39.8 Å². The minimum atomic E-state index is -0.147. The third kappa shape index (κ3) is 2.31. The summed E-state index contributed by atoms with van der Waals surface area (Å²) >= 11 is 0. The van der Waals surface area contributed by atoms with Crippen LogP contribution >= 0.6 is 0 Å². The van der Waals surface area contributed by atoms with Crippen molar-refractivity contribution >= 4 is 0 Å². The molecule has 0 bridgehead atoms. The number of benzene rings is 1. The highest BCUT2D eigenvalue weighted by Gasteiger charge is 2.16. The SMILES string of the molecule is CCCn1ccnc1C(N)c1cccc(C)c1C. The van der Waals surface area contributed by atoms with Gasteiger partial charge in [-0.15, -0.1) is 0 Å². The summed E-state index contributed by atoms with van der Waals surface area (Å²) in [4.78, 5) is 4.42. The Morgan fingerprint density at radius 2 is 2.11 bits per heavy atom. The summed E-state index contributed by atoms with van der Waals surface area (Å²) in [5.41, 5.74) is 10.1. The Morgan fingerprint density at radius 1 is 1.33 bits per heavy atom. The highest BCUT2D eigenvalue weighted by atomic mass is 15.1. The standard InChI is InChI=1S/C15H21N3/c1-4-9-18-10-8-17-15(18)14(16)13-7-5-6-11(2)12(13)3/h5-8,10,14H,4,9,16H2,1-3H3. The lowest BCUT2D eigenvalue weighted by molar-refractivity contribution is 0.611. The first kappa shape index (κ1) is 12.8. The summed E-state index contributed by atoms with van der Waals surface area (Å²) in [6.07, 6.45) is 4.92. The molecule has 3 heteroatoms. The average Bonchev–Trinajstić information content (AvgIpc) is 2.80. The van der Waals surface area contributed by atoms with E-state index in [1.165, 1.54) is 16.7 Å². The maximum absolute atomic E-state index is 6.38. The predicted molar refractivity (Wildman–Crippen MR) is 74.5 cm³/mol. The van der Waals surface area contributed by atoms with Crippen molar-refractivity contribution in [3.63, 3.8) is 0 Å². The molecule has 18 heavy (non-hydrogen) atoms. The van der Waals surface area contributed by atoms with Crippen molar-refractivity contribution in [1.29, 1.82) is 0 Å². The molecule has 0 aliphatic carbocycles. The highest BCUT2D eigenvalue weighted by Crippen LogP contribution is 2.23. The lowest BCUT2D eigenvalue weighted by Crippen LogP contribution is -2.19. The van der Waals surface area contributed by atoms with Gasteiger partial charge < -0.3 is 10.3 Å². The number of nitrogens with zero attached hydrogens (tertiary/aromatic N) is 2. The third-order valence-electron chi connectivity index (χ3n) is 3.47. The van der Waals surface area contributed by atoms with Crippen LogP contribution in [0.5, 0.6) is 0 Å². The Morgan fingerprint density at radius 3 is 2.83 bits per heavy atom. The van der Waals surface area contributed by atoms with E-state index in [0.29, 0.717) is 0 Å². The van der Waals surface area contributed by atoms with E-state index in [1.54, 1.807) is 0 Å². The van der Waals surface area contributed by atoms with E-state index in [1.807, 2.05) is 12.4 Å². The maximum atomic E-state index is 6.38. The Bertz CT molecular complexity index is 528. The molecule has 0 spiro atoms. The van der Waals surface area contributed by atoms with Crippen LogP contribution in [0, 0.1) is 13.8 Å². The molecular formula is C15H21N3. The first-order chi connectivity index (χ1) is 8.65. The fourth-order valence-corrected chi connectivity index (χ4v) is 2.28. The van der Waals surface area contributed by atoms with Gasteiger partial charge in [-0.1, -0.05) is 25.1 Å². The third-order valence-corrected chi connectivity index (χ3v) is 3.47. The van der Waals surface area contributed by atoms with Gasteiger partial charge in [0, 0.05) is 18.9 Å². The van der Waals surface area contributed by atoms with Crippen LogP contribution in [0.4, 0.5) is 0 Å². The van der Waals surface area contributed by atoms with Gasteiger partial charge in [-0.05, 0) is 37.0 Å². The van der Waals surface area contributed by atoms with Crippen LogP contribution in [-0.4, -0.2) is 9.55 Å². The molecule has 3 nitrogen and oxygen atoms in total. The van der Waals surface area contributed by atoms with Gasteiger partial charge >= 0.3 is 0 Å². The van der Waals surface area contributed by atoms with Crippen LogP contribution in [0.15, 0.2) is 30.6 Å². The van der Waals surface area contributed by atoms with Crippen molar-refractivity contribution in [3.8, 4) is 0 Å². The highest BCUT2D eigenvalue weighted by molar-refractivity contribution is 5.37. The smallest absolute Gasteiger partial charge is 0.130 e. The van der Waals surface area contributed by atoms with Crippen LogP contribution < -0.4 is 5.73 Å². The van der Waals surface area contributed by atoms with Crippen molar-refractivity contribution < 1.29 is 0 Å². The summed E-state index contributed by atoms with van der Waals surface area (Å²) in [6.45, 7) is 7.36. The van der Waals surface area contributed by atoms with E-state index >= 15 is 0 Å². The second kappa shape index (κ2) is 5.36. The molecule has 96 valence electrons. The van der Waals surface area contributed by atoms with Crippen molar-refractivity contribution in [3.05, 3.63) is 53.1 Å². The van der Waals surface area contributed by atoms with E-state index in [4.69, 9.17) is 5.73 Å². The average molecular weight is 243 g/mol. The van der Waals surface area contributed by atoms with Crippen LogP contribution in [0.3, 0.4) is 0 Å². The predicted octanol–water partition coefficient (Wildman–Crippen LogP) is 2.96. The van der Waals surface area contributed by atoms with E-state index in [9.17, 15) is 0 Å². The van der Waals surface area contributed by atoms with Crippen LogP contribution in [0.25, 0.3) is 0 Å². The summed E-state index contributed by atoms with van der Waals surface area (Å²) in [5.74, 6) is 0.950. The van der Waals surface area contributed by atoms with Crippen molar-refractivity contribution in [2.24, 2.45) is 5.73 Å². The molecule has 0 aliphatic rings. The number of hydrogen-bond acceptors (Lipinski definition) is 2. The minimum Gasteiger partial charge on any atom is -0.333 e. The molecule has 0 amide bonds. The zero-order valence-electron chi connectivity index (χ0n) is 11.4. The second-order valence-electron chi connectivity index (χ2n) is 4.75. The second-order valence-corrected chi connectivity index (χ2v) is 4.75. The molecule has 2 N–H and O–H groups in total. The molecule has 2 aromatic rings. The first-order valence-electron chi connectivity index (χ1n) is 6.47. The van der Waals surface area contributed by atoms with Crippen molar-refractivity contribution in [2.75, 3.05) is 0 Å². The molecule has 1 aromatic carbocycles. The lowest BCUT2D eigenvalue weighted by atomic mass is 9.97. The molecule has 1 atom stereocenters. The Labute approximate surface area is 109 Å². The Hall–Kier alpha value is -1.61. The van der Waals surface area contributed by atoms with Crippen LogP contribution in [0.1, 0.15) is 41.9 Å². The van der Waals surface area contributed by atoms with Crippen LogP contribution in [0.2, 0.25) is 0 Å². The number of aromatic nitrogens is 2. The monoisotopic (exact) mass is 243 g/mol. The molecule has 0 saturated carbocycles. The van der Waals surface area contributed by atoms with E-state index in [-0.39, 0.29) is 6.04 Å². The molecule has 0 saturated heterocycles. The van der Waals surface area contributed by atoms with Gasteiger partial charge in [-0.2, -0.15) is 0 Å². The number of rotatable bonds is 4. The zero-order valence-corrected chi connectivity index (χ0v) is 11.4. The normalized spacial score (nSPS) is 12.7. The Balaban J connectivity index is 2.38. The molecular weight excluding hydrogens is 222 g/mol. The number of imidazole rings is 1. The summed E-state index contributed by atoms with van der Waals surface area (Å²) in [6, 6.07) is 6.12. The largest absolute Gasteiger partial charge is 0.333 e. The minimum absolute atomic E-state index is 0.147. The van der Waals surface area contributed by atoms with Gasteiger partial charge in [-0.25, -0.2) is 4.98 Å². The van der Waals surface area contributed by atoms with Gasteiger partial charge in [-0.3, -0.25) is 0 Å². The summed E-state index contributed by atoms with van der Waals surface area (Å²) < 4.78 is 2.15. The fourth-order valence-electron chi connectivity index (χ4n) is 2.28. The van der Waals surface area contributed by atoms with E-state index in [2.05, 4.69) is 48.5 Å². The molecule has 1 unspecified atom stereocenters. The number of aryl methyl sites for hydroxylation is 2.